The highest BCUT2D eigenvalue weighted by atomic mass is 15.3. The number of hydrogen-bond acceptors (Lipinski definition) is 4. The molecule has 2 rings (SSSR count). The van der Waals surface area contributed by atoms with Gasteiger partial charge in [0.25, 0.3) is 0 Å². The molecule has 1 aliphatic rings. The van der Waals surface area contributed by atoms with E-state index in [2.05, 4.69) is 34.3 Å². The van der Waals surface area contributed by atoms with E-state index in [0.717, 1.165) is 31.4 Å². The summed E-state index contributed by atoms with van der Waals surface area (Å²) in [6.45, 7) is 8.89. The number of nitrogens with zero attached hydrogens (tertiary/aromatic N) is 4. The summed E-state index contributed by atoms with van der Waals surface area (Å²) in [6.07, 6.45) is 4.42. The molecule has 1 aromatic rings. The molecule has 5 heteroatoms. The average Bonchev–Trinajstić information content (AvgIpc) is 2.75. The van der Waals surface area contributed by atoms with Crippen molar-refractivity contribution in [2.75, 3.05) is 19.6 Å². The predicted molar refractivity (Wildman–Crippen MR) is 72.1 cm³/mol. The fraction of sp³-hybridized carbons (Fsp3) is 0.846. The van der Waals surface area contributed by atoms with Crippen LogP contribution in [0.5, 0.6) is 0 Å². The van der Waals surface area contributed by atoms with Gasteiger partial charge in [-0.3, -0.25) is 4.90 Å². The molecule has 0 aromatic carbocycles. The zero-order valence-electron chi connectivity index (χ0n) is 11.8. The second-order valence-electron chi connectivity index (χ2n) is 5.59. The van der Waals surface area contributed by atoms with Crippen LogP contribution in [-0.2, 0) is 13.6 Å². The van der Waals surface area contributed by atoms with E-state index in [1.165, 1.54) is 19.4 Å². The number of hydrogen-bond donors (Lipinski definition) is 1. The van der Waals surface area contributed by atoms with Crippen LogP contribution >= 0.6 is 0 Å². The van der Waals surface area contributed by atoms with Crippen LogP contribution in [-0.4, -0.2) is 45.3 Å². The fourth-order valence-corrected chi connectivity index (χ4v) is 2.50. The maximum atomic E-state index is 4.19. The van der Waals surface area contributed by atoms with Gasteiger partial charge in [0.15, 0.2) is 0 Å². The molecule has 0 spiro atoms. The van der Waals surface area contributed by atoms with Gasteiger partial charge in [0.05, 0.1) is 6.54 Å². The van der Waals surface area contributed by atoms with Crippen LogP contribution in [0, 0.1) is 5.92 Å². The zero-order chi connectivity index (χ0) is 13.0. The van der Waals surface area contributed by atoms with E-state index in [4.69, 9.17) is 0 Å². The van der Waals surface area contributed by atoms with Crippen LogP contribution in [0.1, 0.15) is 32.5 Å². The molecular weight excluding hydrogens is 226 g/mol. The maximum Gasteiger partial charge on any atom is 0.146 e. The number of rotatable bonds is 5. The lowest BCUT2D eigenvalue weighted by Gasteiger charge is -2.32. The maximum absolute atomic E-state index is 4.19. The van der Waals surface area contributed by atoms with E-state index >= 15 is 0 Å². The lowest BCUT2D eigenvalue weighted by atomic mass is 9.98. The molecule has 0 aliphatic carbocycles. The first kappa shape index (κ1) is 13.5. The summed E-state index contributed by atoms with van der Waals surface area (Å²) in [5.41, 5.74) is 0. The van der Waals surface area contributed by atoms with Gasteiger partial charge >= 0.3 is 0 Å². The molecule has 0 amide bonds. The van der Waals surface area contributed by atoms with E-state index < -0.39 is 0 Å². The van der Waals surface area contributed by atoms with Crippen LogP contribution < -0.4 is 5.32 Å². The number of aromatic nitrogens is 3. The molecule has 0 saturated carbocycles. The van der Waals surface area contributed by atoms with Gasteiger partial charge in [-0.1, -0.05) is 0 Å². The SMILES string of the molecule is CC(C)N(Cc1nncn1C)CC1CCCNC1. The molecule has 102 valence electrons. The normalized spacial score (nSPS) is 20.8. The molecule has 1 unspecified atom stereocenters. The second-order valence-corrected chi connectivity index (χ2v) is 5.59. The first-order valence-corrected chi connectivity index (χ1v) is 6.94. The van der Waals surface area contributed by atoms with Crippen molar-refractivity contribution < 1.29 is 0 Å². The number of piperidine rings is 1. The van der Waals surface area contributed by atoms with Crippen molar-refractivity contribution in [3.63, 3.8) is 0 Å². The standard InChI is InChI=1S/C13H25N5/c1-11(2)18(8-12-5-4-6-14-7-12)9-13-16-15-10-17(13)3/h10-12,14H,4-9H2,1-3H3. The third kappa shape index (κ3) is 3.53. The summed E-state index contributed by atoms with van der Waals surface area (Å²) in [6, 6.07) is 0.545. The fourth-order valence-electron chi connectivity index (χ4n) is 2.50. The number of nitrogens with one attached hydrogen (secondary N) is 1. The highest BCUT2D eigenvalue weighted by Crippen LogP contribution is 2.15. The highest BCUT2D eigenvalue weighted by Gasteiger charge is 2.20. The smallest absolute Gasteiger partial charge is 0.146 e. The van der Waals surface area contributed by atoms with Gasteiger partial charge in [0.1, 0.15) is 12.2 Å². The minimum absolute atomic E-state index is 0.545. The Kier molecular flexibility index (Phi) is 4.72. The van der Waals surface area contributed by atoms with Crippen molar-refractivity contribution in [3.8, 4) is 0 Å². The van der Waals surface area contributed by atoms with Crippen LogP contribution in [0.2, 0.25) is 0 Å². The highest BCUT2D eigenvalue weighted by molar-refractivity contribution is 4.86. The molecule has 1 aromatic heterocycles. The first-order valence-electron chi connectivity index (χ1n) is 6.94. The van der Waals surface area contributed by atoms with Gasteiger partial charge in [-0.25, -0.2) is 0 Å². The van der Waals surface area contributed by atoms with Gasteiger partial charge in [-0.15, -0.1) is 10.2 Å². The Bertz CT molecular complexity index is 354. The van der Waals surface area contributed by atoms with Crippen LogP contribution in [0.3, 0.4) is 0 Å². The summed E-state index contributed by atoms with van der Waals surface area (Å²) < 4.78 is 2.01. The van der Waals surface area contributed by atoms with Gasteiger partial charge in [0.2, 0.25) is 0 Å². The minimum atomic E-state index is 0.545. The summed E-state index contributed by atoms with van der Waals surface area (Å²) in [5, 5.41) is 11.6. The monoisotopic (exact) mass is 251 g/mol. The van der Waals surface area contributed by atoms with Crippen LogP contribution in [0.4, 0.5) is 0 Å². The number of aryl methyl sites for hydroxylation is 1. The minimum Gasteiger partial charge on any atom is -0.320 e. The summed E-state index contributed by atoms with van der Waals surface area (Å²) in [5.74, 6) is 1.82. The van der Waals surface area contributed by atoms with E-state index in [1.807, 2.05) is 11.6 Å². The Labute approximate surface area is 110 Å². The molecular formula is C13H25N5. The molecule has 1 aliphatic heterocycles. The Morgan fingerprint density at radius 2 is 2.39 bits per heavy atom. The molecule has 1 fully saturated rings. The summed E-state index contributed by atoms with van der Waals surface area (Å²) in [7, 11) is 2.01. The molecule has 1 saturated heterocycles. The lowest BCUT2D eigenvalue weighted by molar-refractivity contribution is 0.159. The van der Waals surface area contributed by atoms with E-state index in [-0.39, 0.29) is 0 Å². The lowest BCUT2D eigenvalue weighted by Crippen LogP contribution is -2.41. The summed E-state index contributed by atoms with van der Waals surface area (Å²) in [4.78, 5) is 2.50. The molecule has 1 atom stereocenters. The second kappa shape index (κ2) is 6.29. The van der Waals surface area contributed by atoms with Crippen molar-refractivity contribution in [3.05, 3.63) is 12.2 Å². The van der Waals surface area contributed by atoms with Gasteiger partial charge in [0, 0.05) is 19.6 Å². The van der Waals surface area contributed by atoms with Crippen molar-refractivity contribution >= 4 is 0 Å². The van der Waals surface area contributed by atoms with E-state index in [9.17, 15) is 0 Å². The van der Waals surface area contributed by atoms with Gasteiger partial charge < -0.3 is 9.88 Å². The molecule has 0 radical (unpaired) electrons. The molecule has 5 nitrogen and oxygen atoms in total. The molecule has 18 heavy (non-hydrogen) atoms. The third-order valence-electron chi connectivity index (χ3n) is 3.77. The molecule has 1 N–H and O–H groups in total. The molecule has 2 heterocycles. The quantitative estimate of drug-likeness (QED) is 0.849. The van der Waals surface area contributed by atoms with Crippen LogP contribution in [0.25, 0.3) is 0 Å². The molecule has 0 bridgehead atoms. The first-order chi connectivity index (χ1) is 8.66. The van der Waals surface area contributed by atoms with Crippen LogP contribution in [0.15, 0.2) is 6.33 Å². The average molecular weight is 251 g/mol. The van der Waals surface area contributed by atoms with Gasteiger partial charge in [-0.2, -0.15) is 0 Å². The van der Waals surface area contributed by atoms with Crippen molar-refractivity contribution in [1.82, 2.24) is 25.0 Å². The summed E-state index contributed by atoms with van der Waals surface area (Å²) >= 11 is 0. The van der Waals surface area contributed by atoms with Crippen molar-refractivity contribution in [2.24, 2.45) is 13.0 Å². The zero-order valence-corrected chi connectivity index (χ0v) is 11.8. The Balaban J connectivity index is 1.93. The predicted octanol–water partition coefficient (Wildman–Crippen LogP) is 1.03. The Morgan fingerprint density at radius 3 is 2.94 bits per heavy atom. The van der Waals surface area contributed by atoms with Crippen molar-refractivity contribution in [1.29, 1.82) is 0 Å². The third-order valence-corrected chi connectivity index (χ3v) is 3.77. The van der Waals surface area contributed by atoms with E-state index in [1.54, 1.807) is 6.33 Å². The van der Waals surface area contributed by atoms with Gasteiger partial charge in [-0.05, 0) is 45.7 Å². The largest absolute Gasteiger partial charge is 0.320 e. The van der Waals surface area contributed by atoms with Crippen molar-refractivity contribution in [2.45, 2.75) is 39.3 Å². The topological polar surface area (TPSA) is 46.0 Å². The van der Waals surface area contributed by atoms with E-state index in [0.29, 0.717) is 6.04 Å². The Hall–Kier alpha value is -0.940. The Morgan fingerprint density at radius 1 is 1.56 bits per heavy atom.